The predicted octanol–water partition coefficient (Wildman–Crippen LogP) is 1.85. The minimum absolute atomic E-state index is 0.289. The van der Waals surface area contributed by atoms with E-state index in [0.717, 1.165) is 83.5 Å². The molecule has 37 heavy (non-hydrogen) atoms. The first-order valence-electron chi connectivity index (χ1n) is 12.6. The Kier molecular flexibility index (Phi) is 6.27. The molecule has 2 aliphatic rings. The largest absolute Gasteiger partial charge is 0.378 e. The topological polar surface area (TPSA) is 129 Å². The van der Waals surface area contributed by atoms with Crippen molar-refractivity contribution in [3.63, 3.8) is 0 Å². The van der Waals surface area contributed by atoms with Crippen molar-refractivity contribution in [1.82, 2.24) is 34.7 Å². The number of ether oxygens (including phenoxy) is 1. The van der Waals surface area contributed by atoms with Gasteiger partial charge >= 0.3 is 0 Å². The van der Waals surface area contributed by atoms with E-state index < -0.39 is 5.54 Å². The van der Waals surface area contributed by atoms with Crippen LogP contribution in [0.4, 0.5) is 5.82 Å². The number of anilines is 1. The second-order valence-electron chi connectivity index (χ2n) is 10.0. The highest BCUT2D eigenvalue weighted by Crippen LogP contribution is 2.33. The van der Waals surface area contributed by atoms with E-state index in [1.54, 1.807) is 11.3 Å². The van der Waals surface area contributed by atoms with Crippen molar-refractivity contribution in [2.75, 3.05) is 57.4 Å². The summed E-state index contributed by atoms with van der Waals surface area (Å²) in [5.74, 6) is 1.22. The standard InChI is InChI=1S/C25H31N9O2S/c1-25(2,24(26)35)34-7-5-32(6-8-34)15-19-29-20-22(33-9-11-36-12-10-33)30-21(31-23(20)37-19)17-13-27-14-18-16(17)3-4-28-18/h3-4,13-14,28H,5-12,15H2,1-2H3,(H2,26,35). The van der Waals surface area contributed by atoms with Crippen LogP contribution in [0.5, 0.6) is 0 Å². The van der Waals surface area contributed by atoms with Gasteiger partial charge in [0.25, 0.3) is 0 Å². The second-order valence-corrected chi connectivity index (χ2v) is 11.1. The first kappa shape index (κ1) is 24.2. The number of fused-ring (bicyclic) bond motifs is 2. The number of nitrogens with zero attached hydrogens (tertiary/aromatic N) is 7. The van der Waals surface area contributed by atoms with Crippen molar-refractivity contribution in [1.29, 1.82) is 0 Å². The summed E-state index contributed by atoms with van der Waals surface area (Å²) in [6.07, 6.45) is 5.55. The van der Waals surface area contributed by atoms with Gasteiger partial charge in [0, 0.05) is 62.6 Å². The summed E-state index contributed by atoms with van der Waals surface area (Å²) in [6, 6.07) is 2.03. The number of hydrogen-bond acceptors (Lipinski definition) is 10. The fourth-order valence-electron chi connectivity index (χ4n) is 5.01. The summed E-state index contributed by atoms with van der Waals surface area (Å²) < 4.78 is 5.59. The number of amides is 1. The average Bonchev–Trinajstić information content (AvgIpc) is 3.55. The Labute approximate surface area is 218 Å². The lowest BCUT2D eigenvalue weighted by Gasteiger charge is -2.42. The molecule has 194 valence electrons. The Morgan fingerprint density at radius 3 is 2.65 bits per heavy atom. The fraction of sp³-hybridized carbons (Fsp3) is 0.480. The molecule has 0 unspecified atom stereocenters. The molecule has 6 rings (SSSR count). The van der Waals surface area contributed by atoms with E-state index >= 15 is 0 Å². The Morgan fingerprint density at radius 2 is 1.89 bits per heavy atom. The highest BCUT2D eigenvalue weighted by molar-refractivity contribution is 7.18. The van der Waals surface area contributed by atoms with Crippen molar-refractivity contribution in [2.45, 2.75) is 25.9 Å². The number of carbonyl (C=O) groups excluding carboxylic acids is 1. The van der Waals surface area contributed by atoms with Gasteiger partial charge in [-0.15, -0.1) is 0 Å². The first-order valence-corrected chi connectivity index (χ1v) is 13.4. The van der Waals surface area contributed by atoms with Gasteiger partial charge in [0.15, 0.2) is 11.6 Å². The van der Waals surface area contributed by atoms with E-state index in [1.165, 1.54) is 0 Å². The highest BCUT2D eigenvalue weighted by atomic mass is 32.1. The predicted molar refractivity (Wildman–Crippen MR) is 143 cm³/mol. The van der Waals surface area contributed by atoms with Crippen LogP contribution in [0, 0.1) is 0 Å². The number of piperazine rings is 1. The zero-order valence-electron chi connectivity index (χ0n) is 21.1. The molecule has 0 aromatic carbocycles. The van der Waals surface area contributed by atoms with Crippen LogP contribution in [0.1, 0.15) is 18.9 Å². The third-order valence-corrected chi connectivity index (χ3v) is 8.37. The van der Waals surface area contributed by atoms with Crippen LogP contribution < -0.4 is 10.6 Å². The molecule has 0 radical (unpaired) electrons. The summed E-state index contributed by atoms with van der Waals surface area (Å²) in [5.41, 5.74) is 7.68. The Bertz CT molecular complexity index is 1430. The number of aromatic nitrogens is 5. The molecule has 4 aromatic heterocycles. The molecular formula is C25H31N9O2S. The number of rotatable bonds is 6. The smallest absolute Gasteiger partial charge is 0.237 e. The van der Waals surface area contributed by atoms with Crippen LogP contribution in [0.3, 0.4) is 0 Å². The number of H-pyrrole nitrogens is 1. The maximum absolute atomic E-state index is 11.9. The van der Waals surface area contributed by atoms with Gasteiger partial charge in [0.1, 0.15) is 15.4 Å². The lowest BCUT2D eigenvalue weighted by Crippen LogP contribution is -2.59. The molecule has 0 atom stereocenters. The van der Waals surface area contributed by atoms with Gasteiger partial charge in [-0.3, -0.25) is 19.6 Å². The summed E-state index contributed by atoms with van der Waals surface area (Å²) >= 11 is 1.62. The molecule has 0 bridgehead atoms. The molecule has 0 aliphatic carbocycles. The summed E-state index contributed by atoms with van der Waals surface area (Å²) in [4.78, 5) is 42.2. The van der Waals surface area contributed by atoms with E-state index in [9.17, 15) is 4.79 Å². The van der Waals surface area contributed by atoms with Gasteiger partial charge in [-0.1, -0.05) is 11.3 Å². The first-order chi connectivity index (χ1) is 17.9. The Hall–Kier alpha value is -3.19. The highest BCUT2D eigenvalue weighted by Gasteiger charge is 2.35. The molecule has 1 amide bonds. The molecule has 2 fully saturated rings. The lowest BCUT2D eigenvalue weighted by atomic mass is 10.0. The minimum Gasteiger partial charge on any atom is -0.378 e. The summed E-state index contributed by atoms with van der Waals surface area (Å²) in [7, 11) is 0. The van der Waals surface area contributed by atoms with Crippen LogP contribution >= 0.6 is 11.3 Å². The van der Waals surface area contributed by atoms with Crippen molar-refractivity contribution < 1.29 is 9.53 Å². The molecule has 0 spiro atoms. The average molecular weight is 522 g/mol. The number of carbonyl (C=O) groups is 1. The van der Waals surface area contributed by atoms with E-state index in [0.29, 0.717) is 19.0 Å². The maximum Gasteiger partial charge on any atom is 0.237 e. The van der Waals surface area contributed by atoms with Gasteiger partial charge in [-0.25, -0.2) is 15.0 Å². The van der Waals surface area contributed by atoms with Crippen molar-refractivity contribution in [3.05, 3.63) is 29.7 Å². The van der Waals surface area contributed by atoms with E-state index in [2.05, 4.69) is 24.7 Å². The molecule has 2 aliphatic heterocycles. The number of nitrogens with one attached hydrogen (secondary N) is 1. The normalized spacial score (nSPS) is 18.2. The van der Waals surface area contributed by atoms with Gasteiger partial charge in [0.2, 0.25) is 5.91 Å². The number of hydrogen-bond donors (Lipinski definition) is 2. The second kappa shape index (κ2) is 9.60. The molecule has 0 saturated carbocycles. The van der Waals surface area contributed by atoms with E-state index in [4.69, 9.17) is 25.4 Å². The Morgan fingerprint density at radius 1 is 1.11 bits per heavy atom. The summed E-state index contributed by atoms with van der Waals surface area (Å²) in [5, 5.41) is 2.06. The van der Waals surface area contributed by atoms with Gasteiger partial charge < -0.3 is 20.4 Å². The van der Waals surface area contributed by atoms with Crippen molar-refractivity contribution in [2.24, 2.45) is 5.73 Å². The molecule has 6 heterocycles. The molecule has 3 N–H and O–H groups in total. The SMILES string of the molecule is CC(C)(C(N)=O)N1CCN(Cc2nc3c(N4CCOCC4)nc(-c4cncc5[nH]ccc45)nc3s2)CC1. The Balaban J connectivity index is 1.31. The third kappa shape index (κ3) is 4.54. The van der Waals surface area contributed by atoms with Crippen molar-refractivity contribution >= 4 is 44.3 Å². The van der Waals surface area contributed by atoms with Crippen LogP contribution in [0.25, 0.3) is 32.6 Å². The molecule has 4 aromatic rings. The minimum atomic E-state index is -0.641. The van der Waals surface area contributed by atoms with Crippen LogP contribution in [0.2, 0.25) is 0 Å². The zero-order valence-corrected chi connectivity index (χ0v) is 21.9. The van der Waals surface area contributed by atoms with Gasteiger partial charge in [0.05, 0.1) is 37.0 Å². The number of nitrogens with two attached hydrogens (primary N) is 1. The van der Waals surface area contributed by atoms with Crippen LogP contribution in [-0.2, 0) is 16.1 Å². The van der Waals surface area contributed by atoms with Gasteiger partial charge in [-0.2, -0.15) is 0 Å². The number of morpholine rings is 1. The summed E-state index contributed by atoms with van der Waals surface area (Å²) in [6.45, 7) is 10.7. The monoisotopic (exact) mass is 521 g/mol. The third-order valence-electron chi connectivity index (χ3n) is 7.44. The van der Waals surface area contributed by atoms with Crippen LogP contribution in [0.15, 0.2) is 24.7 Å². The number of primary amides is 1. The quantitative estimate of drug-likeness (QED) is 0.390. The number of thiazole rings is 1. The maximum atomic E-state index is 11.9. The fourth-order valence-corrected chi connectivity index (χ4v) is 5.98. The lowest BCUT2D eigenvalue weighted by molar-refractivity contribution is -0.129. The zero-order chi connectivity index (χ0) is 25.6. The molecule has 2 saturated heterocycles. The molecule has 12 heteroatoms. The molecule has 11 nitrogen and oxygen atoms in total. The molecular weight excluding hydrogens is 490 g/mol. The number of aromatic amines is 1. The van der Waals surface area contributed by atoms with Crippen molar-refractivity contribution in [3.8, 4) is 11.4 Å². The number of pyridine rings is 1. The van der Waals surface area contributed by atoms with E-state index in [-0.39, 0.29) is 5.91 Å². The van der Waals surface area contributed by atoms with E-state index in [1.807, 2.05) is 38.5 Å². The van der Waals surface area contributed by atoms with Gasteiger partial charge in [-0.05, 0) is 19.9 Å². The van der Waals surface area contributed by atoms with Crippen LogP contribution in [-0.4, -0.2) is 98.6 Å².